The van der Waals surface area contributed by atoms with E-state index >= 15 is 0 Å². The molecule has 0 aliphatic heterocycles. The number of hydrogen-bond donors (Lipinski definition) is 2. The molecule has 4 rings (SSSR count). The summed E-state index contributed by atoms with van der Waals surface area (Å²) in [5, 5.41) is 3.19. The molecular weight excluding hydrogens is 568 g/mol. The van der Waals surface area contributed by atoms with Crippen LogP contribution in [0.1, 0.15) is 11.1 Å². The number of sulfonamides is 1. The lowest BCUT2D eigenvalue weighted by atomic mass is 10.1. The Morgan fingerprint density at radius 3 is 2.27 bits per heavy atom. The van der Waals surface area contributed by atoms with E-state index in [1.54, 1.807) is 66.7 Å². The summed E-state index contributed by atoms with van der Waals surface area (Å²) in [6.07, 6.45) is 0.0301. The van der Waals surface area contributed by atoms with Crippen LogP contribution in [0.15, 0.2) is 89.8 Å². The fourth-order valence-corrected chi connectivity index (χ4v) is 5.35. The summed E-state index contributed by atoms with van der Waals surface area (Å²) in [4.78, 5) is 12.7. The highest BCUT2D eigenvalue weighted by molar-refractivity contribution is 7.89. The van der Waals surface area contributed by atoms with E-state index in [4.69, 9.17) is 30.5 Å². The number of methoxy groups -OCH3 is 3. The Morgan fingerprint density at radius 2 is 1.54 bits per heavy atom. The van der Waals surface area contributed by atoms with Crippen molar-refractivity contribution in [3.8, 4) is 28.7 Å². The van der Waals surface area contributed by atoms with Gasteiger partial charge in [0.25, 0.3) is 0 Å². The second kappa shape index (κ2) is 13.4. The molecule has 0 unspecified atom stereocenters. The van der Waals surface area contributed by atoms with Gasteiger partial charge in [-0.15, -0.1) is 0 Å². The quantitative estimate of drug-likeness (QED) is 0.212. The van der Waals surface area contributed by atoms with Crippen LogP contribution in [0.2, 0.25) is 5.02 Å². The molecule has 41 heavy (non-hydrogen) atoms. The molecule has 4 aromatic rings. The van der Waals surface area contributed by atoms with Crippen molar-refractivity contribution in [3.05, 3.63) is 101 Å². The van der Waals surface area contributed by atoms with Crippen molar-refractivity contribution < 1.29 is 32.2 Å². The molecule has 0 saturated heterocycles. The number of hydrogen-bond acceptors (Lipinski definition) is 7. The molecule has 0 atom stereocenters. The summed E-state index contributed by atoms with van der Waals surface area (Å²) in [5.41, 5.74) is 1.55. The molecule has 0 bridgehead atoms. The predicted molar refractivity (Wildman–Crippen MR) is 157 cm³/mol. The molecule has 0 fully saturated rings. The van der Waals surface area contributed by atoms with Crippen LogP contribution in [0.25, 0.3) is 0 Å². The molecule has 0 saturated carbocycles. The minimum Gasteiger partial charge on any atom is -0.497 e. The Labute approximate surface area is 244 Å². The van der Waals surface area contributed by atoms with Gasteiger partial charge in [0.05, 0.1) is 27.8 Å². The lowest BCUT2D eigenvalue weighted by Crippen LogP contribution is -2.24. The Hall–Kier alpha value is -4.25. The average Bonchev–Trinajstić information content (AvgIpc) is 2.97. The van der Waals surface area contributed by atoms with Gasteiger partial charge in [-0.3, -0.25) is 4.79 Å². The van der Waals surface area contributed by atoms with Crippen molar-refractivity contribution in [2.75, 3.05) is 26.6 Å². The highest BCUT2D eigenvalue weighted by Crippen LogP contribution is 2.33. The minimum atomic E-state index is -4.15. The third-order valence-electron chi connectivity index (χ3n) is 6.03. The van der Waals surface area contributed by atoms with E-state index in [9.17, 15) is 13.2 Å². The molecule has 0 heterocycles. The Morgan fingerprint density at radius 1 is 0.756 bits per heavy atom. The van der Waals surface area contributed by atoms with Gasteiger partial charge in [0.2, 0.25) is 15.9 Å². The van der Waals surface area contributed by atoms with Gasteiger partial charge in [-0.25, -0.2) is 13.1 Å². The van der Waals surface area contributed by atoms with E-state index in [0.717, 1.165) is 0 Å². The first-order valence-electron chi connectivity index (χ1n) is 12.4. The van der Waals surface area contributed by atoms with Gasteiger partial charge in [-0.1, -0.05) is 41.9 Å². The Bertz CT molecular complexity index is 1640. The van der Waals surface area contributed by atoms with E-state index in [1.807, 2.05) is 6.07 Å². The monoisotopic (exact) mass is 596 g/mol. The number of rotatable bonds is 12. The summed E-state index contributed by atoms with van der Waals surface area (Å²) in [6.45, 7) is -0.0729. The summed E-state index contributed by atoms with van der Waals surface area (Å²) < 4.78 is 51.7. The van der Waals surface area contributed by atoms with Crippen LogP contribution in [0, 0.1) is 0 Å². The normalized spacial score (nSPS) is 11.0. The van der Waals surface area contributed by atoms with Gasteiger partial charge in [-0.2, -0.15) is 0 Å². The van der Waals surface area contributed by atoms with Crippen molar-refractivity contribution in [1.29, 1.82) is 0 Å². The van der Waals surface area contributed by atoms with Gasteiger partial charge < -0.3 is 24.3 Å². The summed E-state index contributed by atoms with van der Waals surface area (Å²) in [5.74, 6) is 1.65. The third-order valence-corrected chi connectivity index (χ3v) is 7.69. The molecule has 0 radical (unpaired) electrons. The maximum absolute atomic E-state index is 13.6. The molecular formula is C30H29ClN2O7S. The largest absolute Gasteiger partial charge is 0.497 e. The van der Waals surface area contributed by atoms with E-state index in [2.05, 4.69) is 10.0 Å². The van der Waals surface area contributed by atoms with Crippen LogP contribution in [-0.4, -0.2) is 35.7 Å². The maximum Gasteiger partial charge on any atom is 0.244 e. The number of para-hydroxylation sites is 1. The number of ether oxygens (including phenoxy) is 4. The number of carbonyl (C=O) groups is 1. The highest BCUT2D eigenvalue weighted by Gasteiger charge is 2.23. The van der Waals surface area contributed by atoms with Crippen molar-refractivity contribution in [1.82, 2.24) is 4.72 Å². The second-order valence-electron chi connectivity index (χ2n) is 8.76. The van der Waals surface area contributed by atoms with Gasteiger partial charge >= 0.3 is 0 Å². The number of nitrogens with one attached hydrogen (secondary N) is 2. The average molecular weight is 597 g/mol. The van der Waals surface area contributed by atoms with Crippen LogP contribution < -0.4 is 29.0 Å². The van der Waals surface area contributed by atoms with Crippen molar-refractivity contribution >= 4 is 33.2 Å². The third kappa shape index (κ3) is 7.69. The predicted octanol–water partition coefficient (Wildman–Crippen LogP) is 5.82. The number of benzene rings is 4. The first kappa shape index (κ1) is 29.7. The van der Waals surface area contributed by atoms with E-state index < -0.39 is 10.0 Å². The summed E-state index contributed by atoms with van der Waals surface area (Å²) in [6, 6.07) is 23.2. The fraction of sp³-hybridized carbons (Fsp3) is 0.167. The van der Waals surface area contributed by atoms with Crippen molar-refractivity contribution in [3.63, 3.8) is 0 Å². The van der Waals surface area contributed by atoms with E-state index in [0.29, 0.717) is 39.1 Å². The zero-order chi connectivity index (χ0) is 29.4. The topological polar surface area (TPSA) is 112 Å². The van der Waals surface area contributed by atoms with E-state index in [-0.39, 0.29) is 35.2 Å². The van der Waals surface area contributed by atoms with Crippen LogP contribution in [-0.2, 0) is 27.8 Å². The van der Waals surface area contributed by atoms with Crippen LogP contribution in [0.4, 0.5) is 5.69 Å². The summed E-state index contributed by atoms with van der Waals surface area (Å²) >= 11 is 6.09. The SMILES string of the molecule is COc1ccc(CNS(=O)(=O)c2cc(NC(=O)Cc3ccccc3OC)ccc2Oc2cccc(Cl)c2)c(OC)c1. The van der Waals surface area contributed by atoms with Gasteiger partial charge in [-0.05, 0) is 48.5 Å². The summed E-state index contributed by atoms with van der Waals surface area (Å²) in [7, 11) is 0.390. The molecule has 0 aliphatic carbocycles. The smallest absolute Gasteiger partial charge is 0.244 e. The first-order valence-corrected chi connectivity index (χ1v) is 14.3. The Kier molecular flexibility index (Phi) is 9.72. The number of carbonyl (C=O) groups excluding carboxylic acids is 1. The van der Waals surface area contributed by atoms with Crippen molar-refractivity contribution in [2.45, 2.75) is 17.9 Å². The van der Waals surface area contributed by atoms with E-state index in [1.165, 1.54) is 33.5 Å². The minimum absolute atomic E-state index is 0.0301. The second-order valence-corrected chi connectivity index (χ2v) is 10.9. The highest BCUT2D eigenvalue weighted by atomic mass is 35.5. The van der Waals surface area contributed by atoms with Gasteiger partial charge in [0, 0.05) is 34.4 Å². The Balaban J connectivity index is 1.62. The van der Waals surface area contributed by atoms with Crippen molar-refractivity contribution in [2.24, 2.45) is 0 Å². The lowest BCUT2D eigenvalue weighted by molar-refractivity contribution is -0.115. The van der Waals surface area contributed by atoms with Crippen LogP contribution in [0.5, 0.6) is 28.7 Å². The standard InChI is InChI=1S/C30H29ClN2O7S/c1-37-24-13-11-21(28(18-24)39-3)19-32-41(35,36)29-17-23(12-14-27(29)40-25-9-6-8-22(31)16-25)33-30(34)15-20-7-4-5-10-26(20)38-2/h4-14,16-18,32H,15,19H2,1-3H3,(H,33,34). The molecule has 11 heteroatoms. The molecule has 1 amide bonds. The number of anilines is 1. The van der Waals surface area contributed by atoms with Crippen LogP contribution in [0.3, 0.4) is 0 Å². The molecule has 0 aliphatic rings. The molecule has 0 aromatic heterocycles. The maximum atomic E-state index is 13.6. The zero-order valence-electron chi connectivity index (χ0n) is 22.6. The number of halogens is 1. The zero-order valence-corrected chi connectivity index (χ0v) is 24.2. The first-order chi connectivity index (χ1) is 19.7. The molecule has 4 aromatic carbocycles. The molecule has 9 nitrogen and oxygen atoms in total. The fourth-order valence-electron chi connectivity index (χ4n) is 4.01. The lowest BCUT2D eigenvalue weighted by Gasteiger charge is -2.16. The molecule has 214 valence electrons. The van der Waals surface area contributed by atoms with Gasteiger partial charge in [0.15, 0.2) is 0 Å². The van der Waals surface area contributed by atoms with Gasteiger partial charge in [0.1, 0.15) is 33.6 Å². The van der Waals surface area contributed by atoms with Crippen LogP contribution >= 0.6 is 11.6 Å². The molecule has 0 spiro atoms. The molecule has 2 N–H and O–H groups in total. The number of amides is 1.